The normalized spacial score (nSPS) is 21.2. The third kappa shape index (κ3) is 4.42. The Morgan fingerprint density at radius 2 is 2.00 bits per heavy atom. The van der Waals surface area contributed by atoms with Crippen LogP contribution in [0.2, 0.25) is 0 Å². The fourth-order valence-corrected chi connectivity index (χ4v) is 5.39. The second-order valence-electron chi connectivity index (χ2n) is 9.71. The van der Waals surface area contributed by atoms with Gasteiger partial charge in [-0.2, -0.15) is 0 Å². The molecule has 0 saturated carbocycles. The summed E-state index contributed by atoms with van der Waals surface area (Å²) >= 11 is 0. The molecule has 10 heteroatoms. The van der Waals surface area contributed by atoms with Crippen molar-refractivity contribution in [1.82, 2.24) is 9.88 Å². The first-order valence-electron chi connectivity index (χ1n) is 12.3. The number of cyclic esters (lactones) is 1. The van der Waals surface area contributed by atoms with Crippen molar-refractivity contribution in [2.24, 2.45) is 0 Å². The van der Waals surface area contributed by atoms with Gasteiger partial charge >= 0.3 is 6.09 Å². The van der Waals surface area contributed by atoms with E-state index in [0.29, 0.717) is 56.1 Å². The van der Waals surface area contributed by atoms with Crippen molar-refractivity contribution in [2.75, 3.05) is 50.1 Å². The summed E-state index contributed by atoms with van der Waals surface area (Å²) in [7, 11) is 1.62. The highest BCUT2D eigenvalue weighted by Crippen LogP contribution is 2.38. The number of methoxy groups -OCH3 is 1. The van der Waals surface area contributed by atoms with E-state index in [1.165, 1.54) is 0 Å². The summed E-state index contributed by atoms with van der Waals surface area (Å²) in [6, 6.07) is 12.8. The van der Waals surface area contributed by atoms with E-state index in [1.54, 1.807) is 36.4 Å². The lowest BCUT2D eigenvalue weighted by atomic mass is 9.82. The lowest BCUT2D eigenvalue weighted by Gasteiger charge is -2.39. The van der Waals surface area contributed by atoms with Crippen molar-refractivity contribution in [3.05, 3.63) is 54.2 Å². The molecule has 0 spiro atoms. The zero-order valence-electron chi connectivity index (χ0n) is 20.5. The Kier molecular flexibility index (Phi) is 5.85. The Morgan fingerprint density at radius 3 is 2.81 bits per heavy atom. The largest absolute Gasteiger partial charge is 0.497 e. The highest BCUT2D eigenvalue weighted by Gasteiger charge is 2.39. The highest BCUT2D eigenvalue weighted by molar-refractivity contribution is 5.97. The average molecular weight is 505 g/mol. The molecule has 10 nitrogen and oxygen atoms in total. The zero-order valence-corrected chi connectivity index (χ0v) is 20.5. The quantitative estimate of drug-likeness (QED) is 0.546. The van der Waals surface area contributed by atoms with Crippen LogP contribution in [0.5, 0.6) is 11.5 Å². The molecule has 1 unspecified atom stereocenters. The van der Waals surface area contributed by atoms with Gasteiger partial charge in [0.2, 0.25) is 0 Å². The van der Waals surface area contributed by atoms with Crippen LogP contribution in [0.1, 0.15) is 18.4 Å². The summed E-state index contributed by atoms with van der Waals surface area (Å²) in [5.74, 6) is 1.08. The fraction of sp³-hybridized carbons (Fsp3) is 0.370. The molecule has 2 N–H and O–H groups in total. The number of benzene rings is 2. The van der Waals surface area contributed by atoms with Crippen LogP contribution in [0.4, 0.5) is 16.2 Å². The van der Waals surface area contributed by atoms with Gasteiger partial charge in [-0.15, -0.1) is 0 Å². The van der Waals surface area contributed by atoms with E-state index in [1.807, 2.05) is 24.3 Å². The molecule has 2 aromatic carbocycles. The number of carbonyl (C=O) groups excluding carboxylic acids is 2. The van der Waals surface area contributed by atoms with Crippen LogP contribution in [-0.4, -0.2) is 73.0 Å². The Morgan fingerprint density at radius 1 is 1.16 bits per heavy atom. The molecule has 1 aromatic heterocycles. The molecule has 3 aliphatic rings. The molecule has 3 aromatic rings. The predicted molar refractivity (Wildman–Crippen MR) is 136 cm³/mol. The maximum Gasteiger partial charge on any atom is 0.414 e. The van der Waals surface area contributed by atoms with Crippen molar-refractivity contribution in [3.8, 4) is 11.5 Å². The van der Waals surface area contributed by atoms with Crippen molar-refractivity contribution < 1.29 is 28.9 Å². The van der Waals surface area contributed by atoms with Crippen LogP contribution < -0.4 is 19.7 Å². The first-order chi connectivity index (χ1) is 17.9. The maximum atomic E-state index is 12.6. The first-order valence-corrected chi connectivity index (χ1v) is 12.3. The van der Waals surface area contributed by atoms with E-state index in [0.717, 1.165) is 22.2 Å². The van der Waals surface area contributed by atoms with E-state index in [2.05, 4.69) is 15.2 Å². The summed E-state index contributed by atoms with van der Waals surface area (Å²) in [6.07, 6.45) is 2.13. The Hall–Kier alpha value is -3.89. The number of fused-ring (bicyclic) bond motifs is 2. The Bertz CT molecular complexity index is 1370. The highest BCUT2D eigenvalue weighted by atomic mass is 16.6. The fourth-order valence-electron chi connectivity index (χ4n) is 5.39. The minimum Gasteiger partial charge on any atom is -0.497 e. The third-order valence-electron chi connectivity index (χ3n) is 7.38. The molecule has 2 saturated heterocycles. The molecular weight excluding hydrogens is 476 g/mol. The van der Waals surface area contributed by atoms with E-state index >= 15 is 0 Å². The van der Waals surface area contributed by atoms with Gasteiger partial charge in [0.25, 0.3) is 5.91 Å². The molecule has 2 fully saturated rings. The van der Waals surface area contributed by atoms with Crippen molar-refractivity contribution in [3.63, 3.8) is 0 Å². The van der Waals surface area contributed by atoms with Crippen LogP contribution in [0.3, 0.4) is 0 Å². The number of aromatic nitrogens is 1. The number of likely N-dealkylation sites (tertiary alicyclic amines) is 1. The van der Waals surface area contributed by atoms with Crippen LogP contribution in [0, 0.1) is 0 Å². The minimum atomic E-state index is -0.974. The minimum absolute atomic E-state index is 0.0171. The molecular formula is C27H28N4O6. The molecule has 3 aliphatic heterocycles. The number of nitrogens with zero attached hydrogens (tertiary/aromatic N) is 3. The number of ether oxygens (including phenoxy) is 3. The van der Waals surface area contributed by atoms with Crippen molar-refractivity contribution >= 4 is 34.3 Å². The number of hydrogen-bond acceptors (Lipinski definition) is 8. The Balaban J connectivity index is 1.11. The molecule has 1 atom stereocenters. The van der Waals surface area contributed by atoms with Gasteiger partial charge in [-0.25, -0.2) is 4.79 Å². The van der Waals surface area contributed by atoms with Gasteiger partial charge in [0.1, 0.15) is 17.6 Å². The summed E-state index contributed by atoms with van der Waals surface area (Å²) < 4.78 is 16.4. The van der Waals surface area contributed by atoms with E-state index in [9.17, 15) is 14.7 Å². The number of carbonyl (C=O) groups is 2. The van der Waals surface area contributed by atoms with Crippen LogP contribution in [0.25, 0.3) is 10.9 Å². The summed E-state index contributed by atoms with van der Waals surface area (Å²) in [6.45, 7) is 2.30. The standard InChI is InChI=1S/C27H28N4O6/c1-35-18-3-4-22-20(13-18)21(6-9-28-22)27(34)7-10-30(11-8-27)14-19-15-31(26(33)37-19)17-2-5-24-23(12-17)29-25(32)16-36-24/h2-6,9,12-13,19,34H,7-8,10-11,14-16H2,1H3,(H,29,32). The lowest BCUT2D eigenvalue weighted by Crippen LogP contribution is -2.45. The smallest absolute Gasteiger partial charge is 0.414 e. The number of hydrogen-bond donors (Lipinski definition) is 2. The first kappa shape index (κ1) is 23.5. The monoisotopic (exact) mass is 504 g/mol. The number of anilines is 2. The van der Waals surface area contributed by atoms with E-state index in [4.69, 9.17) is 14.2 Å². The summed E-state index contributed by atoms with van der Waals surface area (Å²) in [4.78, 5) is 32.5. The summed E-state index contributed by atoms with van der Waals surface area (Å²) in [5.41, 5.74) is 1.89. The third-order valence-corrected chi connectivity index (χ3v) is 7.38. The van der Waals surface area contributed by atoms with Gasteiger partial charge in [-0.3, -0.25) is 19.6 Å². The number of pyridine rings is 1. The van der Waals surface area contributed by atoms with Crippen molar-refractivity contribution in [2.45, 2.75) is 24.5 Å². The van der Waals surface area contributed by atoms with Gasteiger partial charge in [0.15, 0.2) is 6.61 Å². The molecule has 0 bridgehead atoms. The van der Waals surface area contributed by atoms with E-state index in [-0.39, 0.29) is 18.6 Å². The molecule has 0 radical (unpaired) electrons. The maximum absolute atomic E-state index is 12.6. The number of piperidine rings is 1. The average Bonchev–Trinajstić information content (AvgIpc) is 3.28. The molecule has 37 heavy (non-hydrogen) atoms. The van der Waals surface area contributed by atoms with Crippen LogP contribution >= 0.6 is 0 Å². The lowest BCUT2D eigenvalue weighted by molar-refractivity contribution is -0.118. The second-order valence-corrected chi connectivity index (χ2v) is 9.71. The number of amides is 2. The van der Waals surface area contributed by atoms with E-state index < -0.39 is 11.7 Å². The predicted octanol–water partition coefficient (Wildman–Crippen LogP) is 2.88. The molecule has 0 aliphatic carbocycles. The van der Waals surface area contributed by atoms with Gasteiger partial charge in [0, 0.05) is 36.9 Å². The molecule has 4 heterocycles. The van der Waals surface area contributed by atoms with Crippen molar-refractivity contribution in [1.29, 1.82) is 0 Å². The number of nitrogens with one attached hydrogen (secondary N) is 1. The van der Waals surface area contributed by atoms with Gasteiger partial charge < -0.3 is 24.6 Å². The zero-order chi connectivity index (χ0) is 25.6. The van der Waals surface area contributed by atoms with Gasteiger partial charge in [-0.1, -0.05) is 0 Å². The Labute approximate surface area is 213 Å². The molecule has 6 rings (SSSR count). The van der Waals surface area contributed by atoms with Gasteiger partial charge in [0.05, 0.1) is 30.5 Å². The van der Waals surface area contributed by atoms with Gasteiger partial charge in [-0.05, 0) is 60.9 Å². The molecule has 192 valence electrons. The molecule has 2 amide bonds. The van der Waals surface area contributed by atoms with Crippen LogP contribution in [0.15, 0.2) is 48.7 Å². The topological polar surface area (TPSA) is 113 Å². The number of rotatable bonds is 5. The second kappa shape index (κ2) is 9.20. The van der Waals surface area contributed by atoms with Crippen LogP contribution in [-0.2, 0) is 15.1 Å². The SMILES string of the molecule is COc1ccc2nccc(C3(O)CCN(CC4CN(c5ccc6c(c5)NC(=O)CO6)C(=O)O4)CC3)c2c1. The summed E-state index contributed by atoms with van der Waals surface area (Å²) in [5, 5.41) is 15.3. The number of aliphatic hydroxyl groups is 1.